The minimum atomic E-state index is -4.57. The number of fused-ring (bicyclic) bond motifs is 1. The SMILES string of the molecule is Cc1c(C(C(=O)O)C2CCC2)c2cc(O)c(F)cc2n1C(=O)c1ccc(C(F)(F)F)cc1. The molecule has 0 spiro atoms. The molecule has 1 aromatic heterocycles. The maximum Gasteiger partial charge on any atom is 0.416 e. The molecule has 168 valence electrons. The van der Waals surface area contributed by atoms with Crippen molar-refractivity contribution in [3.63, 3.8) is 0 Å². The van der Waals surface area contributed by atoms with Crippen LogP contribution in [0.5, 0.6) is 5.75 Å². The molecule has 1 fully saturated rings. The molecule has 1 unspecified atom stereocenters. The van der Waals surface area contributed by atoms with Crippen LogP contribution in [-0.2, 0) is 11.0 Å². The van der Waals surface area contributed by atoms with Crippen molar-refractivity contribution in [2.75, 3.05) is 0 Å². The highest BCUT2D eigenvalue weighted by Crippen LogP contribution is 2.45. The topological polar surface area (TPSA) is 79.5 Å². The Bertz CT molecular complexity index is 1220. The summed E-state index contributed by atoms with van der Waals surface area (Å²) in [6.45, 7) is 1.51. The lowest BCUT2D eigenvalue weighted by Crippen LogP contribution is -2.27. The summed E-state index contributed by atoms with van der Waals surface area (Å²) in [5, 5.41) is 20.0. The number of carbonyl (C=O) groups excluding carboxylic acids is 1. The second-order valence-corrected chi connectivity index (χ2v) is 8.04. The third kappa shape index (κ3) is 3.51. The van der Waals surface area contributed by atoms with Gasteiger partial charge in [0.25, 0.3) is 5.91 Å². The van der Waals surface area contributed by atoms with Gasteiger partial charge in [0.2, 0.25) is 0 Å². The summed E-state index contributed by atoms with van der Waals surface area (Å²) in [6, 6.07) is 5.62. The number of halogens is 4. The normalized spacial score (nSPS) is 15.5. The van der Waals surface area contributed by atoms with E-state index < -0.39 is 41.1 Å². The van der Waals surface area contributed by atoms with Gasteiger partial charge in [-0.3, -0.25) is 14.2 Å². The van der Waals surface area contributed by atoms with E-state index in [2.05, 4.69) is 0 Å². The molecule has 1 atom stereocenters. The van der Waals surface area contributed by atoms with Crippen molar-refractivity contribution in [1.82, 2.24) is 4.57 Å². The van der Waals surface area contributed by atoms with Crippen molar-refractivity contribution in [2.24, 2.45) is 5.92 Å². The molecule has 0 amide bonds. The third-order valence-electron chi connectivity index (χ3n) is 6.18. The van der Waals surface area contributed by atoms with Gasteiger partial charge < -0.3 is 10.2 Å². The van der Waals surface area contributed by atoms with E-state index in [4.69, 9.17) is 0 Å². The number of hydrogen-bond acceptors (Lipinski definition) is 3. The standard InChI is InChI=1S/C23H19F4NO4/c1-11-19(20(22(31)32)12-3-2-4-12)15-9-18(29)16(24)10-17(15)28(11)21(30)13-5-7-14(8-6-13)23(25,26)27/h5-10,12,20,29H,2-4H2,1H3,(H,31,32). The molecule has 2 aromatic carbocycles. The predicted molar refractivity (Wildman–Crippen MR) is 107 cm³/mol. The van der Waals surface area contributed by atoms with Crippen LogP contribution in [0.15, 0.2) is 36.4 Å². The number of aromatic hydroxyl groups is 1. The molecule has 0 radical (unpaired) electrons. The summed E-state index contributed by atoms with van der Waals surface area (Å²) in [5.74, 6) is -4.64. The Kier molecular flexibility index (Phi) is 5.22. The van der Waals surface area contributed by atoms with Crippen molar-refractivity contribution >= 4 is 22.8 Å². The van der Waals surface area contributed by atoms with Crippen LogP contribution in [0.1, 0.15) is 52.4 Å². The Labute approximate surface area is 179 Å². The Morgan fingerprint density at radius 1 is 1.12 bits per heavy atom. The second kappa shape index (κ2) is 7.65. The van der Waals surface area contributed by atoms with Crippen LogP contribution in [0.3, 0.4) is 0 Å². The van der Waals surface area contributed by atoms with Gasteiger partial charge in [0.15, 0.2) is 11.6 Å². The highest BCUT2D eigenvalue weighted by Gasteiger charge is 2.38. The number of nitrogens with zero attached hydrogens (tertiary/aromatic N) is 1. The van der Waals surface area contributed by atoms with E-state index in [0.29, 0.717) is 18.4 Å². The summed E-state index contributed by atoms with van der Waals surface area (Å²) in [7, 11) is 0. The maximum absolute atomic E-state index is 14.2. The molecule has 5 nitrogen and oxygen atoms in total. The largest absolute Gasteiger partial charge is 0.505 e. The van der Waals surface area contributed by atoms with Crippen molar-refractivity contribution in [1.29, 1.82) is 0 Å². The molecule has 9 heteroatoms. The molecule has 0 saturated heterocycles. The first-order valence-electron chi connectivity index (χ1n) is 9.99. The predicted octanol–water partition coefficient (Wildman–Crippen LogP) is 5.47. The van der Waals surface area contributed by atoms with Gasteiger partial charge in [0.1, 0.15) is 0 Å². The van der Waals surface area contributed by atoms with Gasteiger partial charge in [-0.05, 0) is 61.6 Å². The number of benzene rings is 2. The van der Waals surface area contributed by atoms with Crippen molar-refractivity contribution in [2.45, 2.75) is 38.3 Å². The Morgan fingerprint density at radius 2 is 1.75 bits per heavy atom. The first-order chi connectivity index (χ1) is 15.0. The Hall–Kier alpha value is -3.36. The van der Waals surface area contributed by atoms with Crippen LogP contribution in [0, 0.1) is 18.7 Å². The Balaban J connectivity index is 1.91. The zero-order chi connectivity index (χ0) is 23.4. The molecular weight excluding hydrogens is 430 g/mol. The van der Waals surface area contributed by atoms with Crippen LogP contribution in [0.2, 0.25) is 0 Å². The monoisotopic (exact) mass is 449 g/mol. The van der Waals surface area contributed by atoms with E-state index in [9.17, 15) is 37.4 Å². The summed E-state index contributed by atoms with van der Waals surface area (Å²) < 4.78 is 53.9. The molecule has 1 aliphatic carbocycles. The van der Waals surface area contributed by atoms with Gasteiger partial charge >= 0.3 is 12.1 Å². The second-order valence-electron chi connectivity index (χ2n) is 8.04. The number of alkyl halides is 3. The molecule has 1 heterocycles. The zero-order valence-electron chi connectivity index (χ0n) is 16.9. The van der Waals surface area contributed by atoms with Crippen LogP contribution >= 0.6 is 0 Å². The molecule has 4 rings (SSSR count). The van der Waals surface area contributed by atoms with E-state index in [1.165, 1.54) is 6.92 Å². The van der Waals surface area contributed by atoms with E-state index in [1.54, 1.807) is 0 Å². The first kappa shape index (κ1) is 21.9. The van der Waals surface area contributed by atoms with Gasteiger partial charge in [-0.15, -0.1) is 0 Å². The number of aromatic nitrogens is 1. The number of aliphatic carboxylic acids is 1. The number of hydrogen-bond donors (Lipinski definition) is 2. The number of rotatable bonds is 4. The third-order valence-corrected chi connectivity index (χ3v) is 6.18. The fourth-order valence-corrected chi connectivity index (χ4v) is 4.37. The maximum atomic E-state index is 14.2. The van der Waals surface area contributed by atoms with Crippen molar-refractivity contribution in [3.05, 3.63) is 64.6 Å². The van der Waals surface area contributed by atoms with Gasteiger partial charge in [-0.1, -0.05) is 6.42 Å². The van der Waals surface area contributed by atoms with Crippen LogP contribution < -0.4 is 0 Å². The number of phenolic OH excluding ortho intramolecular Hbond substituents is 1. The van der Waals surface area contributed by atoms with Gasteiger partial charge in [-0.2, -0.15) is 13.2 Å². The van der Waals surface area contributed by atoms with Crippen LogP contribution in [-0.4, -0.2) is 26.7 Å². The molecule has 0 aliphatic heterocycles. The van der Waals surface area contributed by atoms with Gasteiger partial charge in [0.05, 0.1) is 17.0 Å². The average molecular weight is 449 g/mol. The lowest BCUT2D eigenvalue weighted by molar-refractivity contribution is -0.141. The summed E-state index contributed by atoms with van der Waals surface area (Å²) in [6.07, 6.45) is -2.33. The van der Waals surface area contributed by atoms with Crippen molar-refractivity contribution < 1.29 is 37.4 Å². The zero-order valence-corrected chi connectivity index (χ0v) is 16.9. The summed E-state index contributed by atoms with van der Waals surface area (Å²) >= 11 is 0. The van der Waals surface area contributed by atoms with Crippen molar-refractivity contribution in [3.8, 4) is 5.75 Å². The molecule has 3 aromatic rings. The van der Waals surface area contributed by atoms with E-state index in [0.717, 1.165) is 47.4 Å². The quantitative estimate of drug-likeness (QED) is 0.518. The number of phenols is 1. The van der Waals surface area contributed by atoms with E-state index >= 15 is 0 Å². The van der Waals surface area contributed by atoms with Gasteiger partial charge in [-0.25, -0.2) is 4.39 Å². The molecule has 1 aliphatic rings. The fraction of sp³-hybridized carbons (Fsp3) is 0.304. The number of carboxylic acid groups (broad SMARTS) is 1. The minimum Gasteiger partial charge on any atom is -0.505 e. The molecule has 2 N–H and O–H groups in total. The average Bonchev–Trinajstić information content (AvgIpc) is 2.94. The lowest BCUT2D eigenvalue weighted by Gasteiger charge is -2.31. The fourth-order valence-electron chi connectivity index (χ4n) is 4.37. The van der Waals surface area contributed by atoms with E-state index in [1.807, 2.05) is 0 Å². The summed E-state index contributed by atoms with van der Waals surface area (Å²) in [5.41, 5.74) is -0.408. The summed E-state index contributed by atoms with van der Waals surface area (Å²) in [4.78, 5) is 25.4. The highest BCUT2D eigenvalue weighted by molar-refractivity contribution is 6.05. The Morgan fingerprint density at radius 3 is 2.25 bits per heavy atom. The minimum absolute atomic E-state index is 0.0447. The van der Waals surface area contributed by atoms with Crippen LogP contribution in [0.4, 0.5) is 17.6 Å². The van der Waals surface area contributed by atoms with Gasteiger partial charge in [0, 0.05) is 22.7 Å². The number of carboxylic acids is 1. The molecule has 0 bridgehead atoms. The highest BCUT2D eigenvalue weighted by atomic mass is 19.4. The van der Waals surface area contributed by atoms with E-state index in [-0.39, 0.29) is 28.1 Å². The first-order valence-corrected chi connectivity index (χ1v) is 9.99. The molecule has 1 saturated carbocycles. The molecular formula is C23H19F4NO4. The lowest BCUT2D eigenvalue weighted by atomic mass is 9.72. The van der Waals surface area contributed by atoms with Crippen LogP contribution in [0.25, 0.3) is 10.9 Å². The molecule has 32 heavy (non-hydrogen) atoms. The number of carbonyl (C=O) groups is 2. The smallest absolute Gasteiger partial charge is 0.416 e.